The van der Waals surface area contributed by atoms with E-state index in [4.69, 9.17) is 0 Å². The second-order valence-corrected chi connectivity index (χ2v) is 5.81. The molecular weight excluding hydrogens is 278 g/mol. The Morgan fingerprint density at radius 1 is 1.23 bits per heavy atom. The molecule has 1 fully saturated rings. The van der Waals surface area contributed by atoms with Crippen molar-refractivity contribution in [2.45, 2.75) is 58.0 Å². The van der Waals surface area contributed by atoms with E-state index in [0.29, 0.717) is 19.1 Å². The fourth-order valence-corrected chi connectivity index (χ4v) is 2.83. The zero-order chi connectivity index (χ0) is 15.8. The van der Waals surface area contributed by atoms with Gasteiger partial charge in [-0.2, -0.15) is 0 Å². The van der Waals surface area contributed by atoms with Crippen molar-refractivity contribution in [1.82, 2.24) is 15.2 Å². The van der Waals surface area contributed by atoms with Gasteiger partial charge in [0.1, 0.15) is 0 Å². The van der Waals surface area contributed by atoms with Gasteiger partial charge in [-0.25, -0.2) is 0 Å². The normalized spacial score (nSPS) is 14.8. The van der Waals surface area contributed by atoms with Crippen molar-refractivity contribution in [3.63, 3.8) is 0 Å². The number of aromatic nitrogens is 1. The summed E-state index contributed by atoms with van der Waals surface area (Å²) >= 11 is 0. The molecule has 0 unspecified atom stereocenters. The van der Waals surface area contributed by atoms with E-state index in [-0.39, 0.29) is 24.7 Å². The van der Waals surface area contributed by atoms with Crippen LogP contribution in [0.2, 0.25) is 0 Å². The Kier molecular flexibility index (Phi) is 6.37. The van der Waals surface area contributed by atoms with E-state index >= 15 is 0 Å². The topological polar surface area (TPSA) is 62.3 Å². The lowest BCUT2D eigenvalue weighted by Gasteiger charge is -2.21. The predicted octanol–water partition coefficient (Wildman–Crippen LogP) is 2.27. The number of hydrogen-bond acceptors (Lipinski definition) is 3. The number of rotatable bonds is 7. The molecule has 0 saturated heterocycles. The standard InChI is InChI=1S/C17H25N3O2/c1-2-20(13-14-9-11-18-12-10-14)17(22)8-7-16(21)19-15-5-3-4-6-15/h9-12,15H,2-8,13H2,1H3,(H,19,21). The molecule has 1 aliphatic carbocycles. The van der Waals surface area contributed by atoms with Gasteiger partial charge in [-0.15, -0.1) is 0 Å². The van der Waals surface area contributed by atoms with Gasteiger partial charge in [0.15, 0.2) is 0 Å². The Hall–Kier alpha value is -1.91. The first-order valence-corrected chi connectivity index (χ1v) is 8.15. The van der Waals surface area contributed by atoms with Gasteiger partial charge in [0.25, 0.3) is 0 Å². The third-order valence-electron chi connectivity index (χ3n) is 4.14. The lowest BCUT2D eigenvalue weighted by molar-refractivity contribution is -0.134. The number of carbonyl (C=O) groups is 2. The van der Waals surface area contributed by atoms with Gasteiger partial charge < -0.3 is 10.2 Å². The quantitative estimate of drug-likeness (QED) is 0.840. The maximum absolute atomic E-state index is 12.3. The van der Waals surface area contributed by atoms with E-state index < -0.39 is 0 Å². The lowest BCUT2D eigenvalue weighted by atomic mass is 10.2. The zero-order valence-electron chi connectivity index (χ0n) is 13.3. The molecule has 0 spiro atoms. The van der Waals surface area contributed by atoms with Crippen molar-refractivity contribution in [2.75, 3.05) is 6.54 Å². The molecule has 0 bridgehead atoms. The maximum atomic E-state index is 12.3. The zero-order valence-corrected chi connectivity index (χ0v) is 13.3. The second-order valence-electron chi connectivity index (χ2n) is 5.81. The van der Waals surface area contributed by atoms with Gasteiger partial charge in [-0.05, 0) is 37.5 Å². The molecule has 5 heteroatoms. The molecule has 5 nitrogen and oxygen atoms in total. The third kappa shape index (κ3) is 5.13. The Morgan fingerprint density at radius 3 is 2.55 bits per heavy atom. The molecule has 22 heavy (non-hydrogen) atoms. The van der Waals surface area contributed by atoms with Crippen LogP contribution in [0.3, 0.4) is 0 Å². The summed E-state index contributed by atoms with van der Waals surface area (Å²) in [5.41, 5.74) is 1.06. The summed E-state index contributed by atoms with van der Waals surface area (Å²) in [7, 11) is 0. The summed E-state index contributed by atoms with van der Waals surface area (Å²) in [6.45, 7) is 3.17. The van der Waals surface area contributed by atoms with Crippen LogP contribution in [0.25, 0.3) is 0 Å². The smallest absolute Gasteiger partial charge is 0.223 e. The van der Waals surface area contributed by atoms with Crippen LogP contribution in [-0.4, -0.2) is 34.3 Å². The van der Waals surface area contributed by atoms with Crippen LogP contribution in [0.4, 0.5) is 0 Å². The van der Waals surface area contributed by atoms with Gasteiger partial charge in [0.05, 0.1) is 0 Å². The first kappa shape index (κ1) is 16.5. The first-order chi connectivity index (χ1) is 10.7. The molecule has 1 saturated carbocycles. The van der Waals surface area contributed by atoms with E-state index in [0.717, 1.165) is 18.4 Å². The average Bonchev–Trinajstić information content (AvgIpc) is 3.04. The lowest BCUT2D eigenvalue weighted by Crippen LogP contribution is -2.35. The third-order valence-corrected chi connectivity index (χ3v) is 4.14. The van der Waals surface area contributed by atoms with Crippen molar-refractivity contribution in [1.29, 1.82) is 0 Å². The molecular formula is C17H25N3O2. The molecule has 0 aliphatic heterocycles. The highest BCUT2D eigenvalue weighted by Gasteiger charge is 2.18. The average molecular weight is 303 g/mol. The van der Waals surface area contributed by atoms with Crippen LogP contribution < -0.4 is 5.32 Å². The van der Waals surface area contributed by atoms with E-state index in [1.165, 1.54) is 12.8 Å². The largest absolute Gasteiger partial charge is 0.353 e. The number of nitrogens with one attached hydrogen (secondary N) is 1. The van der Waals surface area contributed by atoms with Gasteiger partial charge in [0, 0.05) is 44.4 Å². The fraction of sp³-hybridized carbons (Fsp3) is 0.588. The number of amides is 2. The van der Waals surface area contributed by atoms with E-state index in [2.05, 4.69) is 10.3 Å². The molecule has 2 amide bonds. The molecule has 0 aromatic carbocycles. The van der Waals surface area contributed by atoms with Crippen LogP contribution in [0.1, 0.15) is 51.0 Å². The number of carbonyl (C=O) groups excluding carboxylic acids is 2. The summed E-state index contributed by atoms with van der Waals surface area (Å²) in [5, 5.41) is 3.02. The molecule has 120 valence electrons. The minimum Gasteiger partial charge on any atom is -0.353 e. The van der Waals surface area contributed by atoms with Crippen molar-refractivity contribution in [2.24, 2.45) is 0 Å². The number of pyridine rings is 1. The summed E-state index contributed by atoms with van der Waals surface area (Å²) in [5.74, 6) is 0.0288. The number of hydrogen-bond donors (Lipinski definition) is 1. The van der Waals surface area contributed by atoms with Crippen molar-refractivity contribution < 1.29 is 9.59 Å². The van der Waals surface area contributed by atoms with Gasteiger partial charge in [0.2, 0.25) is 11.8 Å². The van der Waals surface area contributed by atoms with E-state index in [1.807, 2.05) is 19.1 Å². The van der Waals surface area contributed by atoms with Gasteiger partial charge >= 0.3 is 0 Å². The summed E-state index contributed by atoms with van der Waals surface area (Å²) in [6, 6.07) is 4.13. The molecule has 1 heterocycles. The Labute approximate surface area is 132 Å². The van der Waals surface area contributed by atoms with Gasteiger partial charge in [-0.1, -0.05) is 12.8 Å². The van der Waals surface area contributed by atoms with Gasteiger partial charge in [-0.3, -0.25) is 14.6 Å². The van der Waals surface area contributed by atoms with Crippen LogP contribution in [0, 0.1) is 0 Å². The molecule has 0 radical (unpaired) electrons. The van der Waals surface area contributed by atoms with Crippen molar-refractivity contribution in [3.05, 3.63) is 30.1 Å². The summed E-state index contributed by atoms with van der Waals surface area (Å²) in [6.07, 6.45) is 8.54. The van der Waals surface area contributed by atoms with Crippen LogP contribution in [0.15, 0.2) is 24.5 Å². The first-order valence-electron chi connectivity index (χ1n) is 8.15. The summed E-state index contributed by atoms with van der Waals surface area (Å²) < 4.78 is 0. The van der Waals surface area contributed by atoms with Crippen molar-refractivity contribution in [3.8, 4) is 0 Å². The van der Waals surface area contributed by atoms with Crippen LogP contribution in [-0.2, 0) is 16.1 Å². The Balaban J connectivity index is 1.75. The molecule has 0 atom stereocenters. The Bertz CT molecular complexity index is 484. The van der Waals surface area contributed by atoms with Crippen molar-refractivity contribution >= 4 is 11.8 Å². The SMILES string of the molecule is CCN(Cc1ccncc1)C(=O)CCC(=O)NC1CCCC1. The Morgan fingerprint density at radius 2 is 1.91 bits per heavy atom. The minimum absolute atomic E-state index is 0.000198. The summed E-state index contributed by atoms with van der Waals surface area (Å²) in [4.78, 5) is 29.9. The molecule has 1 aromatic rings. The number of nitrogens with zero attached hydrogens (tertiary/aromatic N) is 2. The minimum atomic E-state index is 0.000198. The highest BCUT2D eigenvalue weighted by molar-refractivity contribution is 5.83. The monoisotopic (exact) mass is 303 g/mol. The predicted molar refractivity (Wildman–Crippen MR) is 85.0 cm³/mol. The second kappa shape index (κ2) is 8.51. The van der Waals surface area contributed by atoms with Crippen LogP contribution in [0.5, 0.6) is 0 Å². The fourth-order valence-electron chi connectivity index (χ4n) is 2.83. The molecule has 1 N–H and O–H groups in total. The van der Waals surface area contributed by atoms with E-state index in [1.54, 1.807) is 17.3 Å². The highest BCUT2D eigenvalue weighted by atomic mass is 16.2. The molecule has 2 rings (SSSR count). The molecule has 1 aromatic heterocycles. The molecule has 1 aliphatic rings. The maximum Gasteiger partial charge on any atom is 0.223 e. The van der Waals surface area contributed by atoms with Crippen LogP contribution >= 0.6 is 0 Å². The van der Waals surface area contributed by atoms with E-state index in [9.17, 15) is 9.59 Å². The highest BCUT2D eigenvalue weighted by Crippen LogP contribution is 2.17.